The molecule has 2 heterocycles. The predicted molar refractivity (Wildman–Crippen MR) is 88.4 cm³/mol. The van der Waals surface area contributed by atoms with Gasteiger partial charge in [-0.05, 0) is 25.3 Å². The second kappa shape index (κ2) is 10.5. The summed E-state index contributed by atoms with van der Waals surface area (Å²) < 4.78 is 13.0. The number of nitrogens with one attached hydrogen (secondary N) is 1. The van der Waals surface area contributed by atoms with Crippen LogP contribution in [0.4, 0.5) is 4.39 Å². The zero-order valence-corrected chi connectivity index (χ0v) is 13.9. The van der Waals surface area contributed by atoms with Gasteiger partial charge in [-0.25, -0.2) is 14.0 Å². The summed E-state index contributed by atoms with van der Waals surface area (Å²) in [4.78, 5) is 22.9. The van der Waals surface area contributed by atoms with Crippen LogP contribution in [0.15, 0.2) is 30.6 Å². The largest absolute Gasteiger partial charge is 0.478 e. The topological polar surface area (TPSA) is 120 Å². The molecule has 1 aromatic rings. The third kappa shape index (κ3) is 7.86. The van der Waals surface area contributed by atoms with Gasteiger partial charge in [0.1, 0.15) is 5.82 Å². The van der Waals surface area contributed by atoms with E-state index in [1.165, 1.54) is 12.3 Å². The lowest BCUT2D eigenvalue weighted by Crippen LogP contribution is -2.34. The Morgan fingerprint density at radius 2 is 1.96 bits per heavy atom. The van der Waals surface area contributed by atoms with E-state index in [9.17, 15) is 19.1 Å². The fourth-order valence-corrected chi connectivity index (χ4v) is 2.64. The minimum atomic E-state index is -1.26. The maximum Gasteiger partial charge on any atom is 0.328 e. The summed E-state index contributed by atoms with van der Waals surface area (Å²) in [5.41, 5.74) is 0.555. The molecule has 138 valence electrons. The van der Waals surface area contributed by atoms with Crippen molar-refractivity contribution < 1.29 is 29.3 Å². The molecule has 0 radical (unpaired) electrons. The second-order valence-corrected chi connectivity index (χ2v) is 5.73. The minimum Gasteiger partial charge on any atom is -0.478 e. The van der Waals surface area contributed by atoms with E-state index >= 15 is 0 Å². The Morgan fingerprint density at radius 1 is 1.32 bits per heavy atom. The third-order valence-electron chi connectivity index (χ3n) is 3.73. The summed E-state index contributed by atoms with van der Waals surface area (Å²) in [6, 6.07) is 1.86. The van der Waals surface area contributed by atoms with Crippen LogP contribution in [-0.4, -0.2) is 44.3 Å². The van der Waals surface area contributed by atoms with E-state index < -0.39 is 23.9 Å². The SMILES string of the molecule is CCC[C@@H]1CC[C@H]([C@H](O)c2cncc(F)c2)N1.O=C(O)/C=C\C(=O)O. The lowest BCUT2D eigenvalue weighted by Gasteiger charge is -2.20. The lowest BCUT2D eigenvalue weighted by atomic mass is 10.0. The van der Waals surface area contributed by atoms with Crippen molar-refractivity contribution in [2.75, 3.05) is 0 Å². The molecule has 0 bridgehead atoms. The highest BCUT2D eigenvalue weighted by atomic mass is 19.1. The molecular weight excluding hydrogens is 331 g/mol. The molecule has 8 heteroatoms. The van der Waals surface area contributed by atoms with Crippen LogP contribution >= 0.6 is 0 Å². The van der Waals surface area contributed by atoms with Crippen LogP contribution in [0, 0.1) is 5.82 Å². The van der Waals surface area contributed by atoms with Crippen molar-refractivity contribution >= 4 is 11.9 Å². The molecule has 1 aromatic heterocycles. The Labute approximate surface area is 145 Å². The molecule has 0 aromatic carbocycles. The third-order valence-corrected chi connectivity index (χ3v) is 3.73. The lowest BCUT2D eigenvalue weighted by molar-refractivity contribution is -0.134. The molecule has 0 aliphatic carbocycles. The molecule has 1 aliphatic heterocycles. The molecule has 1 saturated heterocycles. The van der Waals surface area contributed by atoms with Crippen LogP contribution in [0.3, 0.4) is 0 Å². The number of hydrogen-bond acceptors (Lipinski definition) is 5. The van der Waals surface area contributed by atoms with Crippen molar-refractivity contribution in [1.29, 1.82) is 0 Å². The fraction of sp³-hybridized carbons (Fsp3) is 0.471. The summed E-state index contributed by atoms with van der Waals surface area (Å²) in [6.45, 7) is 2.15. The number of hydrogen-bond donors (Lipinski definition) is 4. The van der Waals surface area contributed by atoms with Crippen LogP contribution in [0.2, 0.25) is 0 Å². The molecule has 7 nitrogen and oxygen atoms in total. The van der Waals surface area contributed by atoms with Gasteiger partial charge in [0.05, 0.1) is 12.3 Å². The van der Waals surface area contributed by atoms with Crippen molar-refractivity contribution in [3.8, 4) is 0 Å². The highest BCUT2D eigenvalue weighted by Gasteiger charge is 2.29. The van der Waals surface area contributed by atoms with Gasteiger partial charge >= 0.3 is 11.9 Å². The summed E-state index contributed by atoms with van der Waals surface area (Å²) in [6.07, 6.45) is 7.42. The zero-order valence-electron chi connectivity index (χ0n) is 13.9. The van der Waals surface area contributed by atoms with E-state index in [-0.39, 0.29) is 6.04 Å². The van der Waals surface area contributed by atoms with E-state index in [2.05, 4.69) is 17.2 Å². The number of carboxylic acid groups (broad SMARTS) is 2. The summed E-state index contributed by atoms with van der Waals surface area (Å²) in [5.74, 6) is -2.91. The number of pyridine rings is 1. The van der Waals surface area contributed by atoms with Crippen LogP contribution in [-0.2, 0) is 9.59 Å². The molecule has 0 spiro atoms. The van der Waals surface area contributed by atoms with Gasteiger partial charge in [-0.15, -0.1) is 0 Å². The standard InChI is InChI=1S/C13H19FN2O.C4H4O4/c1-2-3-11-4-5-12(16-11)13(17)9-6-10(14)8-15-7-9;5-3(6)1-2-4(7)8/h6-8,11-13,16-17H,2-5H2,1H3;1-2H,(H,5,6)(H,7,8)/b;2-1-/t11-,12-,13-;/m1./s1. The van der Waals surface area contributed by atoms with Gasteiger partial charge in [0.25, 0.3) is 0 Å². The molecule has 2 rings (SSSR count). The molecule has 0 saturated carbocycles. The molecule has 3 atom stereocenters. The van der Waals surface area contributed by atoms with E-state index in [0.29, 0.717) is 23.8 Å². The zero-order chi connectivity index (χ0) is 18.8. The first-order chi connectivity index (χ1) is 11.8. The quantitative estimate of drug-likeness (QED) is 0.576. The maximum absolute atomic E-state index is 13.0. The number of aliphatic hydroxyl groups excluding tert-OH is 1. The average molecular weight is 354 g/mol. The maximum atomic E-state index is 13.0. The van der Waals surface area contributed by atoms with Crippen LogP contribution < -0.4 is 5.32 Å². The molecule has 1 fully saturated rings. The number of nitrogens with zero attached hydrogens (tertiary/aromatic N) is 1. The highest BCUT2D eigenvalue weighted by molar-refractivity contribution is 5.89. The first kappa shape index (κ1) is 20.7. The summed E-state index contributed by atoms with van der Waals surface area (Å²) >= 11 is 0. The van der Waals surface area contributed by atoms with Gasteiger partial charge in [-0.2, -0.15) is 0 Å². The van der Waals surface area contributed by atoms with Gasteiger partial charge in [0.2, 0.25) is 0 Å². The van der Waals surface area contributed by atoms with Crippen molar-refractivity contribution in [2.24, 2.45) is 0 Å². The van der Waals surface area contributed by atoms with E-state index in [1.54, 1.807) is 0 Å². The number of halogens is 1. The van der Waals surface area contributed by atoms with Crippen LogP contribution in [0.25, 0.3) is 0 Å². The molecule has 4 N–H and O–H groups in total. The first-order valence-corrected chi connectivity index (χ1v) is 8.02. The Balaban J connectivity index is 0.000000333. The van der Waals surface area contributed by atoms with Gasteiger partial charge in [-0.1, -0.05) is 13.3 Å². The Kier molecular flexibility index (Phi) is 8.73. The summed E-state index contributed by atoms with van der Waals surface area (Å²) in [7, 11) is 0. The predicted octanol–water partition coefficient (Wildman–Crippen LogP) is 1.89. The molecule has 25 heavy (non-hydrogen) atoms. The van der Waals surface area contributed by atoms with Crippen molar-refractivity contribution in [3.63, 3.8) is 0 Å². The van der Waals surface area contributed by atoms with Crippen LogP contribution in [0.5, 0.6) is 0 Å². The van der Waals surface area contributed by atoms with Gasteiger partial charge in [0.15, 0.2) is 0 Å². The number of aromatic nitrogens is 1. The van der Waals surface area contributed by atoms with E-state index in [4.69, 9.17) is 10.2 Å². The fourth-order valence-electron chi connectivity index (χ4n) is 2.64. The smallest absolute Gasteiger partial charge is 0.328 e. The van der Waals surface area contributed by atoms with Crippen molar-refractivity contribution in [3.05, 3.63) is 42.0 Å². The molecule has 0 unspecified atom stereocenters. The number of carboxylic acids is 2. The summed E-state index contributed by atoms with van der Waals surface area (Å²) in [5, 5.41) is 29.2. The molecule has 0 amide bonds. The normalized spacial score (nSPS) is 20.8. The van der Waals surface area contributed by atoms with Gasteiger partial charge < -0.3 is 20.6 Å². The minimum absolute atomic E-state index is 0.0233. The molecule has 1 aliphatic rings. The van der Waals surface area contributed by atoms with Gasteiger partial charge in [0, 0.05) is 36.0 Å². The van der Waals surface area contributed by atoms with Crippen molar-refractivity contribution in [1.82, 2.24) is 10.3 Å². The number of rotatable bonds is 6. The van der Waals surface area contributed by atoms with Crippen molar-refractivity contribution in [2.45, 2.75) is 50.8 Å². The second-order valence-electron chi connectivity index (χ2n) is 5.73. The van der Waals surface area contributed by atoms with E-state index in [1.807, 2.05) is 0 Å². The Hall–Kier alpha value is -2.32. The van der Waals surface area contributed by atoms with E-state index in [0.717, 1.165) is 31.9 Å². The Morgan fingerprint density at radius 3 is 2.48 bits per heavy atom. The monoisotopic (exact) mass is 354 g/mol. The highest BCUT2D eigenvalue weighted by Crippen LogP contribution is 2.26. The number of aliphatic hydroxyl groups is 1. The number of carbonyl (C=O) groups is 2. The first-order valence-electron chi connectivity index (χ1n) is 8.02. The Bertz CT molecular complexity index is 592. The van der Waals surface area contributed by atoms with Crippen LogP contribution in [0.1, 0.15) is 44.3 Å². The average Bonchev–Trinajstić information content (AvgIpc) is 3.02. The molecular formula is C17H23FN2O5. The van der Waals surface area contributed by atoms with Gasteiger partial charge in [-0.3, -0.25) is 4.98 Å². The number of aliphatic carboxylic acids is 2.